The van der Waals surface area contributed by atoms with Gasteiger partial charge in [0.25, 0.3) is 0 Å². The fourth-order valence-corrected chi connectivity index (χ4v) is 3.81. The summed E-state index contributed by atoms with van der Waals surface area (Å²) in [5, 5.41) is 9.71. The van der Waals surface area contributed by atoms with E-state index in [9.17, 15) is 4.79 Å². The molecule has 7 heteroatoms. The molecule has 0 aromatic heterocycles. The van der Waals surface area contributed by atoms with E-state index in [-0.39, 0.29) is 36.4 Å². The van der Waals surface area contributed by atoms with Crippen molar-refractivity contribution in [1.82, 2.24) is 15.5 Å². The second-order valence-electron chi connectivity index (χ2n) is 7.98. The maximum Gasteiger partial charge on any atom is 0.246 e. The van der Waals surface area contributed by atoms with Gasteiger partial charge < -0.3 is 16.0 Å². The number of aliphatic imine (C=N–C) groups is 1. The van der Waals surface area contributed by atoms with Crippen molar-refractivity contribution >= 4 is 41.5 Å². The molecule has 1 saturated heterocycles. The van der Waals surface area contributed by atoms with E-state index in [0.29, 0.717) is 12.0 Å². The van der Waals surface area contributed by atoms with Crippen molar-refractivity contribution < 1.29 is 4.79 Å². The number of halogens is 1. The lowest BCUT2D eigenvalue weighted by molar-refractivity contribution is -0.114. The average Bonchev–Trinajstić information content (AvgIpc) is 2.80. The molecular formula is C25H36IN5O. The first kappa shape index (κ1) is 26.1. The summed E-state index contributed by atoms with van der Waals surface area (Å²) >= 11 is 0. The minimum Gasteiger partial charge on any atom is -0.357 e. The molecule has 0 atom stereocenters. The van der Waals surface area contributed by atoms with E-state index in [1.807, 2.05) is 25.1 Å². The Morgan fingerprint density at radius 1 is 1.03 bits per heavy atom. The number of hydrogen-bond acceptors (Lipinski definition) is 3. The van der Waals surface area contributed by atoms with E-state index in [4.69, 9.17) is 0 Å². The van der Waals surface area contributed by atoms with Crippen LogP contribution in [0.3, 0.4) is 0 Å². The van der Waals surface area contributed by atoms with Gasteiger partial charge in [0.05, 0.1) is 0 Å². The Morgan fingerprint density at radius 2 is 1.75 bits per heavy atom. The Morgan fingerprint density at radius 3 is 2.44 bits per heavy atom. The molecule has 0 radical (unpaired) electrons. The highest BCUT2D eigenvalue weighted by Crippen LogP contribution is 2.14. The van der Waals surface area contributed by atoms with Crippen LogP contribution in [0.15, 0.2) is 59.6 Å². The molecule has 1 aliphatic rings. The lowest BCUT2D eigenvalue weighted by atomic mass is 10.0. The van der Waals surface area contributed by atoms with E-state index in [2.05, 4.69) is 69.2 Å². The molecule has 0 spiro atoms. The second-order valence-corrected chi connectivity index (χ2v) is 7.98. The SMILES string of the molecule is CCNC(=NCC(=O)Nc1cccc(CC)c1)NC1CCN(Cc2ccccc2)CC1.I. The number of benzene rings is 2. The van der Waals surface area contributed by atoms with Crippen LogP contribution >= 0.6 is 24.0 Å². The first-order valence-corrected chi connectivity index (χ1v) is 11.4. The Hall–Kier alpha value is -2.13. The van der Waals surface area contributed by atoms with Crippen molar-refractivity contribution in [2.24, 2.45) is 4.99 Å². The number of guanidine groups is 1. The van der Waals surface area contributed by atoms with Gasteiger partial charge in [-0.2, -0.15) is 0 Å². The molecule has 0 unspecified atom stereocenters. The molecule has 1 aliphatic heterocycles. The van der Waals surface area contributed by atoms with E-state index in [1.54, 1.807) is 0 Å². The Balaban J connectivity index is 0.00000363. The third-order valence-electron chi connectivity index (χ3n) is 5.52. The normalized spacial score (nSPS) is 15.0. The lowest BCUT2D eigenvalue weighted by Gasteiger charge is -2.33. The van der Waals surface area contributed by atoms with Crippen molar-refractivity contribution in [3.05, 3.63) is 65.7 Å². The zero-order valence-electron chi connectivity index (χ0n) is 19.1. The van der Waals surface area contributed by atoms with E-state index in [0.717, 1.165) is 51.1 Å². The van der Waals surface area contributed by atoms with Crippen LogP contribution in [0.5, 0.6) is 0 Å². The minimum absolute atomic E-state index is 0. The molecule has 1 fully saturated rings. The van der Waals surface area contributed by atoms with Crippen LogP contribution < -0.4 is 16.0 Å². The van der Waals surface area contributed by atoms with Gasteiger partial charge in [-0.25, -0.2) is 4.99 Å². The number of carbonyl (C=O) groups is 1. The Labute approximate surface area is 209 Å². The van der Waals surface area contributed by atoms with Crippen molar-refractivity contribution in [2.45, 2.75) is 45.7 Å². The molecule has 0 aliphatic carbocycles. The van der Waals surface area contributed by atoms with Crippen LogP contribution in [-0.4, -0.2) is 49.0 Å². The topological polar surface area (TPSA) is 68.8 Å². The smallest absolute Gasteiger partial charge is 0.246 e. The standard InChI is InChI=1S/C25H35N5O.HI/c1-3-20-11-8-12-23(17-20)28-24(31)18-27-25(26-4-2)29-22-13-15-30(16-14-22)19-21-9-6-5-7-10-21;/h5-12,17,22H,3-4,13-16,18-19H2,1-2H3,(H,28,31)(H2,26,27,29);1H. The highest BCUT2D eigenvalue weighted by Gasteiger charge is 2.20. The maximum atomic E-state index is 12.3. The Bertz CT molecular complexity index is 850. The average molecular weight is 550 g/mol. The van der Waals surface area contributed by atoms with E-state index < -0.39 is 0 Å². The lowest BCUT2D eigenvalue weighted by Crippen LogP contribution is -2.48. The fourth-order valence-electron chi connectivity index (χ4n) is 3.81. The van der Waals surface area contributed by atoms with Crippen LogP contribution in [0.4, 0.5) is 5.69 Å². The minimum atomic E-state index is -0.108. The number of rotatable bonds is 8. The number of carbonyl (C=O) groups excluding carboxylic acids is 1. The quantitative estimate of drug-likeness (QED) is 0.264. The molecule has 0 saturated carbocycles. The van der Waals surface area contributed by atoms with Crippen molar-refractivity contribution in [3.63, 3.8) is 0 Å². The number of piperidine rings is 1. The van der Waals surface area contributed by atoms with Gasteiger partial charge in [-0.15, -0.1) is 24.0 Å². The summed E-state index contributed by atoms with van der Waals surface area (Å²) in [6.45, 7) is 8.11. The molecule has 174 valence electrons. The predicted molar refractivity (Wildman–Crippen MR) is 144 cm³/mol. The van der Waals surface area contributed by atoms with E-state index >= 15 is 0 Å². The van der Waals surface area contributed by atoms with Crippen molar-refractivity contribution in [2.75, 3.05) is 31.5 Å². The van der Waals surface area contributed by atoms with Crippen molar-refractivity contribution in [1.29, 1.82) is 0 Å². The number of nitrogens with one attached hydrogen (secondary N) is 3. The van der Waals surface area contributed by atoms with Gasteiger partial charge in [0.1, 0.15) is 6.54 Å². The van der Waals surface area contributed by atoms with Gasteiger partial charge >= 0.3 is 0 Å². The zero-order chi connectivity index (χ0) is 21.9. The van der Waals surface area contributed by atoms with Crippen LogP contribution in [0.1, 0.15) is 37.8 Å². The summed E-state index contributed by atoms with van der Waals surface area (Å²) < 4.78 is 0. The van der Waals surface area contributed by atoms with Gasteiger partial charge in [0, 0.05) is 37.9 Å². The summed E-state index contributed by atoms with van der Waals surface area (Å²) in [7, 11) is 0. The second kappa shape index (κ2) is 14.1. The van der Waals surface area contributed by atoms with Gasteiger partial charge in [0.2, 0.25) is 5.91 Å². The summed E-state index contributed by atoms with van der Waals surface area (Å²) in [6, 6.07) is 18.9. The van der Waals surface area contributed by atoms with Gasteiger partial charge in [-0.05, 0) is 49.4 Å². The van der Waals surface area contributed by atoms with Gasteiger partial charge in [0.15, 0.2) is 5.96 Å². The van der Waals surface area contributed by atoms with E-state index in [1.165, 1.54) is 11.1 Å². The first-order valence-electron chi connectivity index (χ1n) is 11.4. The monoisotopic (exact) mass is 549 g/mol. The Kier molecular flexibility index (Phi) is 11.5. The summed E-state index contributed by atoms with van der Waals surface area (Å²) in [4.78, 5) is 19.3. The molecule has 32 heavy (non-hydrogen) atoms. The van der Waals surface area contributed by atoms with Crippen LogP contribution in [-0.2, 0) is 17.8 Å². The molecule has 2 aromatic rings. The molecular weight excluding hydrogens is 513 g/mol. The number of nitrogens with zero attached hydrogens (tertiary/aromatic N) is 2. The number of aryl methyl sites for hydroxylation is 1. The summed E-state index contributed by atoms with van der Waals surface area (Å²) in [5.74, 6) is 0.601. The van der Waals surface area contributed by atoms with Gasteiger partial charge in [-0.1, -0.05) is 49.4 Å². The van der Waals surface area contributed by atoms with Crippen LogP contribution in [0, 0.1) is 0 Å². The maximum absolute atomic E-state index is 12.3. The fraction of sp³-hybridized carbons (Fsp3) is 0.440. The zero-order valence-corrected chi connectivity index (χ0v) is 21.5. The summed E-state index contributed by atoms with van der Waals surface area (Å²) in [6.07, 6.45) is 3.07. The third kappa shape index (κ3) is 8.78. The van der Waals surface area contributed by atoms with Crippen LogP contribution in [0.2, 0.25) is 0 Å². The van der Waals surface area contributed by atoms with Crippen molar-refractivity contribution in [3.8, 4) is 0 Å². The summed E-state index contributed by atoms with van der Waals surface area (Å²) in [5.41, 5.74) is 3.39. The van der Waals surface area contributed by atoms with Gasteiger partial charge in [-0.3, -0.25) is 9.69 Å². The molecule has 3 N–H and O–H groups in total. The highest BCUT2D eigenvalue weighted by molar-refractivity contribution is 14.0. The molecule has 1 heterocycles. The molecule has 2 aromatic carbocycles. The highest BCUT2D eigenvalue weighted by atomic mass is 127. The molecule has 0 bridgehead atoms. The number of hydrogen-bond donors (Lipinski definition) is 3. The predicted octanol–water partition coefficient (Wildman–Crippen LogP) is 4.03. The molecule has 3 rings (SSSR count). The first-order chi connectivity index (χ1) is 15.2. The number of anilines is 1. The largest absolute Gasteiger partial charge is 0.357 e. The number of likely N-dealkylation sites (tertiary alicyclic amines) is 1. The number of amides is 1. The van der Waals surface area contributed by atoms with Crippen LogP contribution in [0.25, 0.3) is 0 Å². The third-order valence-corrected chi connectivity index (χ3v) is 5.52. The molecule has 1 amide bonds. The molecule has 6 nitrogen and oxygen atoms in total.